The molecule has 0 radical (unpaired) electrons. The van der Waals surface area contributed by atoms with Gasteiger partial charge in [-0.15, -0.1) is 0 Å². The van der Waals surface area contributed by atoms with E-state index < -0.39 is 9.84 Å². The van der Waals surface area contributed by atoms with E-state index in [9.17, 15) is 8.42 Å². The van der Waals surface area contributed by atoms with E-state index in [0.29, 0.717) is 13.0 Å². The molecule has 6 heteroatoms. The lowest BCUT2D eigenvalue weighted by atomic mass is 9.94. The maximum absolute atomic E-state index is 11.7. The van der Waals surface area contributed by atoms with E-state index in [4.69, 9.17) is 10.7 Å². The minimum Gasteiger partial charge on any atom is -0.355 e. The van der Waals surface area contributed by atoms with Crippen molar-refractivity contribution in [3.05, 3.63) is 22.9 Å². The van der Waals surface area contributed by atoms with Crippen molar-refractivity contribution in [1.29, 1.82) is 0 Å². The highest BCUT2D eigenvalue weighted by Gasteiger charge is 2.32. The molecule has 1 atom stereocenters. The van der Waals surface area contributed by atoms with Crippen molar-refractivity contribution >= 4 is 15.7 Å². The van der Waals surface area contributed by atoms with E-state index in [1.807, 2.05) is 11.9 Å². The first-order chi connectivity index (χ1) is 10.00. The van der Waals surface area contributed by atoms with Gasteiger partial charge < -0.3 is 10.6 Å². The Bertz CT molecular complexity index is 643. The summed E-state index contributed by atoms with van der Waals surface area (Å²) in [5.41, 5.74) is 9.40. The average Bonchev–Trinajstić information content (AvgIpc) is 2.85. The summed E-state index contributed by atoms with van der Waals surface area (Å²) < 4.78 is 23.4. The van der Waals surface area contributed by atoms with Gasteiger partial charge in [0.1, 0.15) is 5.82 Å². The molecule has 0 saturated carbocycles. The number of nitrogens with zero attached hydrogens (tertiary/aromatic N) is 2. The van der Waals surface area contributed by atoms with Crippen LogP contribution in [0.3, 0.4) is 0 Å². The van der Waals surface area contributed by atoms with Gasteiger partial charge in [0.25, 0.3) is 0 Å². The fourth-order valence-electron chi connectivity index (χ4n) is 3.38. The molecule has 1 unspecified atom stereocenters. The first kappa shape index (κ1) is 14.8. The van der Waals surface area contributed by atoms with Gasteiger partial charge in [0, 0.05) is 30.9 Å². The van der Waals surface area contributed by atoms with Crippen molar-refractivity contribution < 1.29 is 8.42 Å². The van der Waals surface area contributed by atoms with Gasteiger partial charge in [-0.3, -0.25) is 0 Å². The molecule has 116 valence electrons. The Balaban J connectivity index is 1.93. The van der Waals surface area contributed by atoms with Gasteiger partial charge in [-0.25, -0.2) is 13.4 Å². The van der Waals surface area contributed by atoms with E-state index in [1.54, 1.807) is 0 Å². The summed E-state index contributed by atoms with van der Waals surface area (Å²) in [6.45, 7) is 0.444. The zero-order valence-electron chi connectivity index (χ0n) is 12.5. The highest BCUT2D eigenvalue weighted by molar-refractivity contribution is 7.91. The molecular formula is C15H23N3O2S. The van der Waals surface area contributed by atoms with E-state index in [0.717, 1.165) is 24.2 Å². The maximum atomic E-state index is 11.7. The molecule has 2 heterocycles. The molecule has 0 bridgehead atoms. The van der Waals surface area contributed by atoms with Crippen molar-refractivity contribution in [2.45, 2.75) is 44.7 Å². The number of rotatable bonds is 3. The molecule has 2 N–H and O–H groups in total. The molecular weight excluding hydrogens is 286 g/mol. The van der Waals surface area contributed by atoms with Gasteiger partial charge in [-0.05, 0) is 43.7 Å². The van der Waals surface area contributed by atoms with Crippen LogP contribution < -0.4 is 10.6 Å². The Morgan fingerprint density at radius 3 is 2.81 bits per heavy atom. The number of hydrogen-bond acceptors (Lipinski definition) is 5. The Hall–Kier alpha value is -1.14. The van der Waals surface area contributed by atoms with Gasteiger partial charge in [-0.1, -0.05) is 0 Å². The number of hydrogen-bond donors (Lipinski definition) is 1. The summed E-state index contributed by atoms with van der Waals surface area (Å²) in [7, 11) is -0.939. The summed E-state index contributed by atoms with van der Waals surface area (Å²) in [5, 5.41) is 0. The summed E-state index contributed by atoms with van der Waals surface area (Å²) in [4.78, 5) is 6.86. The lowest BCUT2D eigenvalue weighted by molar-refractivity contribution is 0.600. The van der Waals surface area contributed by atoms with Crippen LogP contribution in [0.2, 0.25) is 0 Å². The number of aryl methyl sites for hydroxylation is 2. The van der Waals surface area contributed by atoms with Gasteiger partial charge in [-0.2, -0.15) is 0 Å². The molecule has 1 fully saturated rings. The topological polar surface area (TPSA) is 76.3 Å². The standard InChI is InChI=1S/C15H23N3O2S/c1-18(13-6-7-21(19,20)10-13)15-12(9-16)8-11-4-2-3-5-14(11)17-15/h8,13H,2-7,9-10,16H2,1H3. The third kappa shape index (κ3) is 2.92. The van der Waals surface area contributed by atoms with Crippen LogP contribution in [-0.2, 0) is 29.2 Å². The zero-order chi connectivity index (χ0) is 15.0. The van der Waals surface area contributed by atoms with E-state index in [2.05, 4.69) is 6.07 Å². The Labute approximate surface area is 126 Å². The molecule has 5 nitrogen and oxygen atoms in total. The van der Waals surface area contributed by atoms with Crippen molar-refractivity contribution in [1.82, 2.24) is 4.98 Å². The van der Waals surface area contributed by atoms with E-state index in [1.165, 1.54) is 24.1 Å². The molecule has 2 aliphatic rings. The van der Waals surface area contributed by atoms with Crippen LogP contribution in [-0.4, -0.2) is 38.0 Å². The first-order valence-electron chi connectivity index (χ1n) is 7.65. The molecule has 0 spiro atoms. The van der Waals surface area contributed by atoms with Crippen LogP contribution in [0.5, 0.6) is 0 Å². The van der Waals surface area contributed by atoms with Gasteiger partial charge in [0.15, 0.2) is 9.84 Å². The minimum absolute atomic E-state index is 0.0226. The maximum Gasteiger partial charge on any atom is 0.152 e. The van der Waals surface area contributed by atoms with Crippen molar-refractivity contribution in [3.8, 4) is 0 Å². The van der Waals surface area contributed by atoms with E-state index in [-0.39, 0.29) is 17.5 Å². The number of aromatic nitrogens is 1. The highest BCUT2D eigenvalue weighted by Crippen LogP contribution is 2.29. The molecule has 21 heavy (non-hydrogen) atoms. The van der Waals surface area contributed by atoms with Gasteiger partial charge >= 0.3 is 0 Å². The molecule has 1 aromatic rings. The first-order valence-corrected chi connectivity index (χ1v) is 9.47. The molecule has 3 rings (SSSR count). The monoisotopic (exact) mass is 309 g/mol. The minimum atomic E-state index is -2.89. The Kier molecular flexibility index (Phi) is 3.92. The SMILES string of the molecule is CN(c1nc2c(cc1CN)CCCC2)C1CCS(=O)(=O)C1. The third-order valence-corrected chi connectivity index (χ3v) is 6.42. The predicted octanol–water partition coefficient (Wildman–Crippen LogP) is 1.04. The normalized spacial score (nSPS) is 23.8. The molecule has 0 aromatic carbocycles. The molecule has 1 aliphatic carbocycles. The second-order valence-corrected chi connectivity index (χ2v) is 8.38. The number of pyridine rings is 1. The smallest absolute Gasteiger partial charge is 0.152 e. The zero-order valence-corrected chi connectivity index (χ0v) is 13.3. The van der Waals surface area contributed by atoms with Crippen molar-refractivity contribution in [2.75, 3.05) is 23.5 Å². The van der Waals surface area contributed by atoms with Crippen LogP contribution in [0.25, 0.3) is 0 Å². The second kappa shape index (κ2) is 5.57. The molecule has 1 saturated heterocycles. The van der Waals surface area contributed by atoms with Crippen molar-refractivity contribution in [3.63, 3.8) is 0 Å². The van der Waals surface area contributed by atoms with Crippen LogP contribution >= 0.6 is 0 Å². The Morgan fingerprint density at radius 2 is 2.14 bits per heavy atom. The van der Waals surface area contributed by atoms with Crippen molar-refractivity contribution in [2.24, 2.45) is 5.73 Å². The van der Waals surface area contributed by atoms with Gasteiger partial charge in [0.05, 0.1) is 11.5 Å². The summed E-state index contributed by atoms with van der Waals surface area (Å²) in [6, 6.07) is 2.20. The fourth-order valence-corrected chi connectivity index (χ4v) is 5.15. The third-order valence-electron chi connectivity index (χ3n) is 4.67. The number of fused-ring (bicyclic) bond motifs is 1. The van der Waals surface area contributed by atoms with Crippen LogP contribution in [0, 0.1) is 0 Å². The highest BCUT2D eigenvalue weighted by atomic mass is 32.2. The number of nitrogens with two attached hydrogens (primary N) is 1. The second-order valence-electron chi connectivity index (χ2n) is 6.16. The lowest BCUT2D eigenvalue weighted by Gasteiger charge is -2.28. The summed E-state index contributed by atoms with van der Waals surface area (Å²) in [6.07, 6.45) is 5.18. The average molecular weight is 309 g/mol. The summed E-state index contributed by atoms with van der Waals surface area (Å²) in [5.74, 6) is 1.39. The van der Waals surface area contributed by atoms with Crippen LogP contribution in [0.1, 0.15) is 36.1 Å². The van der Waals surface area contributed by atoms with Gasteiger partial charge in [0.2, 0.25) is 0 Å². The molecule has 1 aromatic heterocycles. The lowest BCUT2D eigenvalue weighted by Crippen LogP contribution is -2.34. The fraction of sp³-hybridized carbons (Fsp3) is 0.667. The quantitative estimate of drug-likeness (QED) is 0.903. The summed E-state index contributed by atoms with van der Waals surface area (Å²) >= 11 is 0. The largest absolute Gasteiger partial charge is 0.355 e. The van der Waals surface area contributed by atoms with Crippen LogP contribution in [0.15, 0.2) is 6.07 Å². The molecule has 1 aliphatic heterocycles. The number of sulfone groups is 1. The Morgan fingerprint density at radius 1 is 1.38 bits per heavy atom. The molecule has 0 amide bonds. The van der Waals surface area contributed by atoms with E-state index >= 15 is 0 Å². The van der Waals surface area contributed by atoms with Crippen LogP contribution in [0.4, 0.5) is 5.82 Å². The number of anilines is 1. The predicted molar refractivity (Wildman–Crippen MR) is 84.2 cm³/mol.